The number of carboxylic acid groups (broad SMARTS) is 5. The van der Waals surface area contributed by atoms with E-state index >= 15 is 0 Å². The number of rotatable bonds is 34. The van der Waals surface area contributed by atoms with E-state index in [0.717, 1.165) is 12.8 Å². The molecule has 5 atom stereocenters. The molecule has 0 bridgehead atoms. The number of ketones is 2. The molecule has 1 heterocycles. The Kier molecular flexibility index (Phi) is 30.3. The normalized spacial score (nSPS) is 17.6. The average Bonchev–Trinajstić information content (AvgIpc) is 3.88. The number of Topliss-reactive ketones (excluding diaryl/α,β-unsaturated/α-hetero) is 2. The number of aliphatic carboxylic acids is 5. The Labute approximate surface area is 441 Å². The van der Waals surface area contributed by atoms with Crippen LogP contribution in [0.15, 0.2) is 4.99 Å². The summed E-state index contributed by atoms with van der Waals surface area (Å²) in [5, 5.41) is 75.3. The maximum absolute atomic E-state index is 13.8. The predicted octanol–water partition coefficient (Wildman–Crippen LogP) is -7.20. The quantitative estimate of drug-likeness (QED) is 0.0164. The van der Waals surface area contributed by atoms with Crippen molar-refractivity contribution in [2.45, 2.75) is 109 Å². The van der Waals surface area contributed by atoms with E-state index in [-0.39, 0.29) is 121 Å². The number of carbonyl (C=O) groups is 11. The van der Waals surface area contributed by atoms with Crippen molar-refractivity contribution in [3.8, 4) is 0 Å². The van der Waals surface area contributed by atoms with Gasteiger partial charge in [-0.3, -0.25) is 62.9 Å². The van der Waals surface area contributed by atoms with Crippen LogP contribution in [0.3, 0.4) is 0 Å². The standard InChI is InChI=1S/C48H81N11O17/c1-30(2)21-36(55-44(72)32(24-39(63)64)22-34(61)25-53-43(71)31-7-3-4-8-31)38(62)23-33(29-60)45(73)54-35(9-5-12-52-48(49)50)46(74)51-11-6-10-37(47(75)76)59-19-17-57(27-41(67)68)15-13-56(26-40(65)66)14-16-58(18-20-59)28-42(69)70/h30-33,35-37,60H,3-29H2,1-2H3,(H,51,74)(H,53,71)(H,54,73)(H,55,72)(H,63,64)(H,65,66)(H,67,68)(H,69,70)(H,75,76)(H4,49,50,52)/p-3/t32-,33-,35?,36-,37?/m0/s1. The number of aliphatic imine (C=N–C) groups is 1. The summed E-state index contributed by atoms with van der Waals surface area (Å²) in [6, 6.07) is -3.81. The molecule has 0 radical (unpaired) electrons. The highest BCUT2D eigenvalue weighted by molar-refractivity contribution is 5.96. The van der Waals surface area contributed by atoms with Gasteiger partial charge in [0.05, 0.1) is 55.4 Å². The maximum Gasteiger partial charge on any atom is 0.320 e. The monoisotopic (exact) mass is 1080 g/mol. The fourth-order valence-electron chi connectivity index (χ4n) is 9.03. The molecule has 1 aliphatic carbocycles. The zero-order valence-corrected chi connectivity index (χ0v) is 43.6. The zero-order valence-electron chi connectivity index (χ0n) is 43.6. The number of nitrogens with zero attached hydrogens (tertiary/aromatic N) is 5. The number of aliphatic hydroxyl groups is 1. The lowest BCUT2D eigenvalue weighted by Gasteiger charge is -2.36. The van der Waals surface area contributed by atoms with Gasteiger partial charge in [0.2, 0.25) is 23.6 Å². The zero-order chi connectivity index (χ0) is 56.9. The van der Waals surface area contributed by atoms with Crippen LogP contribution >= 0.6 is 0 Å². The van der Waals surface area contributed by atoms with Gasteiger partial charge in [-0.15, -0.1) is 0 Å². The van der Waals surface area contributed by atoms with Crippen LogP contribution in [0, 0.1) is 23.7 Å². The third kappa shape index (κ3) is 26.9. The van der Waals surface area contributed by atoms with Crippen LogP contribution in [-0.4, -0.2) is 222 Å². The van der Waals surface area contributed by atoms with Crippen molar-refractivity contribution in [3.05, 3.63) is 0 Å². The van der Waals surface area contributed by atoms with Gasteiger partial charge >= 0.3 is 11.9 Å². The second kappa shape index (κ2) is 35.1. The molecule has 2 rings (SSSR count). The van der Waals surface area contributed by atoms with Gasteiger partial charge in [-0.2, -0.15) is 0 Å². The molecule has 430 valence electrons. The first-order chi connectivity index (χ1) is 35.9. The molecule has 0 spiro atoms. The molecule has 28 nitrogen and oxygen atoms in total. The van der Waals surface area contributed by atoms with E-state index < -0.39 is 141 Å². The average molecular weight is 1080 g/mol. The Bertz CT molecular complexity index is 1970. The molecular formula is C48H78N11O17-3. The van der Waals surface area contributed by atoms with Crippen molar-refractivity contribution >= 4 is 71.0 Å². The highest BCUT2D eigenvalue weighted by atomic mass is 16.4. The van der Waals surface area contributed by atoms with E-state index in [1.165, 1.54) is 19.6 Å². The first kappa shape index (κ1) is 65.8. The Morgan fingerprint density at radius 2 is 1.16 bits per heavy atom. The van der Waals surface area contributed by atoms with E-state index in [1.54, 1.807) is 13.8 Å². The first-order valence-electron chi connectivity index (χ1n) is 25.7. The molecule has 1 aliphatic heterocycles. The molecular weight excluding hydrogens is 1000 g/mol. The first-order valence-corrected chi connectivity index (χ1v) is 25.7. The lowest BCUT2D eigenvalue weighted by atomic mass is 9.91. The Morgan fingerprint density at radius 1 is 0.645 bits per heavy atom. The van der Waals surface area contributed by atoms with E-state index in [9.17, 15) is 83.4 Å². The molecule has 4 amide bonds. The number of amides is 4. The van der Waals surface area contributed by atoms with Gasteiger partial charge in [-0.25, -0.2) is 0 Å². The lowest BCUT2D eigenvalue weighted by Crippen LogP contribution is -2.53. The second-order valence-corrected chi connectivity index (χ2v) is 19.8. The van der Waals surface area contributed by atoms with Crippen molar-refractivity contribution in [2.75, 3.05) is 98.2 Å². The summed E-state index contributed by atoms with van der Waals surface area (Å²) in [6.07, 6.45) is 1.31. The minimum atomic E-state index is -1.45. The van der Waals surface area contributed by atoms with Crippen LogP contribution < -0.4 is 48.1 Å². The number of hydrogen-bond acceptors (Lipinski definition) is 20. The molecule has 0 aromatic carbocycles. The molecule has 2 aliphatic rings. The molecule has 1 saturated carbocycles. The third-order valence-electron chi connectivity index (χ3n) is 13.1. The van der Waals surface area contributed by atoms with Gasteiger partial charge in [0.1, 0.15) is 12.1 Å². The number of nitrogens with two attached hydrogens (primary N) is 2. The van der Waals surface area contributed by atoms with Crippen molar-refractivity contribution in [2.24, 2.45) is 40.1 Å². The van der Waals surface area contributed by atoms with E-state index in [1.807, 2.05) is 0 Å². The molecule has 0 aromatic rings. The smallest absolute Gasteiger partial charge is 0.320 e. The van der Waals surface area contributed by atoms with Crippen LogP contribution in [0.1, 0.15) is 90.9 Å². The van der Waals surface area contributed by atoms with Crippen molar-refractivity contribution < 1.29 is 83.4 Å². The van der Waals surface area contributed by atoms with Crippen molar-refractivity contribution in [3.63, 3.8) is 0 Å². The highest BCUT2D eigenvalue weighted by Gasteiger charge is 2.34. The van der Waals surface area contributed by atoms with Gasteiger partial charge < -0.3 is 77.8 Å². The van der Waals surface area contributed by atoms with E-state index in [0.29, 0.717) is 12.8 Å². The van der Waals surface area contributed by atoms with Crippen LogP contribution in [0.25, 0.3) is 0 Å². The second-order valence-electron chi connectivity index (χ2n) is 19.8. The minimum Gasteiger partial charge on any atom is -0.549 e. The minimum absolute atomic E-state index is 0.00144. The molecule has 2 unspecified atom stereocenters. The summed E-state index contributed by atoms with van der Waals surface area (Å²) in [4.78, 5) is 149. The number of hydrogen-bond donors (Lipinski definition) is 9. The fraction of sp³-hybridized carbons (Fsp3) is 0.750. The third-order valence-corrected chi connectivity index (χ3v) is 13.1. The number of carboxylic acids is 5. The topological polar surface area (TPSA) is 443 Å². The maximum atomic E-state index is 13.8. The predicted molar refractivity (Wildman–Crippen MR) is 263 cm³/mol. The van der Waals surface area contributed by atoms with E-state index in [4.69, 9.17) is 11.5 Å². The number of nitrogens with one attached hydrogen (secondary N) is 4. The van der Waals surface area contributed by atoms with Gasteiger partial charge in [-0.1, -0.05) is 26.7 Å². The van der Waals surface area contributed by atoms with E-state index in [2.05, 4.69) is 26.3 Å². The number of carbonyl (C=O) groups excluding carboxylic acids is 9. The molecule has 28 heteroatoms. The number of aliphatic hydroxyl groups excluding tert-OH is 1. The summed E-state index contributed by atoms with van der Waals surface area (Å²) in [7, 11) is 0. The fourth-order valence-corrected chi connectivity index (χ4v) is 9.03. The lowest BCUT2D eigenvalue weighted by molar-refractivity contribution is -0.308. The summed E-state index contributed by atoms with van der Waals surface area (Å²) in [5.41, 5.74) is 10.9. The molecule has 1 saturated heterocycles. The summed E-state index contributed by atoms with van der Waals surface area (Å²) in [6.45, 7) is 0.677. The number of guanidine groups is 1. The van der Waals surface area contributed by atoms with Crippen molar-refractivity contribution in [1.29, 1.82) is 0 Å². The van der Waals surface area contributed by atoms with Crippen LogP contribution in [0.5, 0.6) is 0 Å². The summed E-state index contributed by atoms with van der Waals surface area (Å²) in [5.74, 6) is -14.6. The molecule has 11 N–H and O–H groups in total. The van der Waals surface area contributed by atoms with Gasteiger partial charge in [0.25, 0.3) is 0 Å². The van der Waals surface area contributed by atoms with Crippen molar-refractivity contribution in [1.82, 2.24) is 40.9 Å². The van der Waals surface area contributed by atoms with Crippen LogP contribution in [-0.2, 0) is 52.7 Å². The summed E-state index contributed by atoms with van der Waals surface area (Å²) >= 11 is 0. The molecule has 0 aromatic heterocycles. The van der Waals surface area contributed by atoms with Gasteiger partial charge in [0, 0.05) is 104 Å². The highest BCUT2D eigenvalue weighted by Crippen LogP contribution is 2.24. The van der Waals surface area contributed by atoms with Crippen LogP contribution in [0.2, 0.25) is 0 Å². The Balaban J connectivity index is 2.21. The SMILES string of the molecule is CC(C)C[C@H](NC(=O)[C@H](CC(=O)O)CC(=O)CNC(=O)C1CCCC1)C(=O)C[C@@H](CO)C(=O)NC(CCCN=C(N)N)C(=O)NCCCC(C(=O)O)N1CCN(CC(=O)[O-])CCN(CC(=O)[O-])CCN(CC(=O)[O-])CC1. The summed E-state index contributed by atoms with van der Waals surface area (Å²) < 4.78 is 0. The molecule has 2 fully saturated rings. The van der Waals surface area contributed by atoms with Gasteiger partial charge in [-0.05, 0) is 50.9 Å². The molecule has 76 heavy (non-hydrogen) atoms. The Hall–Kier alpha value is -6.36. The van der Waals surface area contributed by atoms with Crippen LogP contribution in [0.4, 0.5) is 0 Å². The van der Waals surface area contributed by atoms with Gasteiger partial charge in [0.15, 0.2) is 17.5 Å². The largest absolute Gasteiger partial charge is 0.549 e. The Morgan fingerprint density at radius 3 is 1.63 bits per heavy atom.